The predicted molar refractivity (Wildman–Crippen MR) is 92.3 cm³/mol. The minimum Gasteiger partial charge on any atom is -0.462 e. The summed E-state index contributed by atoms with van der Waals surface area (Å²) in [5.74, 6) is -0.430. The smallest absolute Gasteiger partial charge is 0.338 e. The summed E-state index contributed by atoms with van der Waals surface area (Å²) in [6, 6.07) is 13.3. The highest BCUT2D eigenvalue weighted by Gasteiger charge is 2.08. The monoisotopic (exact) mass is 328 g/mol. The Labute approximate surface area is 140 Å². The maximum Gasteiger partial charge on any atom is 0.338 e. The third-order valence-electron chi connectivity index (χ3n) is 3.24. The van der Waals surface area contributed by atoms with Crippen molar-refractivity contribution >= 4 is 23.4 Å². The molecule has 2 rings (SSSR count). The van der Waals surface area contributed by atoms with E-state index in [2.05, 4.69) is 10.6 Å². The van der Waals surface area contributed by atoms with E-state index in [4.69, 9.17) is 9.84 Å². The van der Waals surface area contributed by atoms with Gasteiger partial charge < -0.3 is 20.5 Å². The summed E-state index contributed by atoms with van der Waals surface area (Å²) in [6.07, 6.45) is 0.577. The van der Waals surface area contributed by atoms with Crippen molar-refractivity contribution in [1.82, 2.24) is 0 Å². The van der Waals surface area contributed by atoms with Crippen LogP contribution in [0.3, 0.4) is 0 Å². The van der Waals surface area contributed by atoms with Crippen LogP contribution in [-0.4, -0.2) is 30.3 Å². The van der Waals surface area contributed by atoms with Gasteiger partial charge in [-0.25, -0.2) is 9.59 Å². The summed E-state index contributed by atoms with van der Waals surface area (Å²) in [5.41, 5.74) is 2.50. The molecule has 6 heteroatoms. The zero-order valence-corrected chi connectivity index (χ0v) is 13.4. The van der Waals surface area contributed by atoms with Crippen LogP contribution in [-0.2, 0) is 11.2 Å². The van der Waals surface area contributed by atoms with Crippen molar-refractivity contribution < 1.29 is 19.4 Å². The van der Waals surface area contributed by atoms with Crippen LogP contribution in [0.5, 0.6) is 0 Å². The molecule has 0 atom stereocenters. The van der Waals surface area contributed by atoms with Crippen molar-refractivity contribution in [1.29, 1.82) is 0 Å². The van der Waals surface area contributed by atoms with Gasteiger partial charge in [0.15, 0.2) is 0 Å². The van der Waals surface area contributed by atoms with Gasteiger partial charge in [0, 0.05) is 18.0 Å². The highest BCUT2D eigenvalue weighted by molar-refractivity contribution is 6.00. The largest absolute Gasteiger partial charge is 0.462 e. The van der Waals surface area contributed by atoms with Gasteiger partial charge >= 0.3 is 12.0 Å². The van der Waals surface area contributed by atoms with Crippen molar-refractivity contribution in [2.45, 2.75) is 13.3 Å². The number of hydrogen-bond donors (Lipinski definition) is 3. The second-order valence-electron chi connectivity index (χ2n) is 5.05. The Hall–Kier alpha value is -2.86. The van der Waals surface area contributed by atoms with Crippen molar-refractivity contribution in [3.05, 3.63) is 59.7 Å². The first-order valence-electron chi connectivity index (χ1n) is 7.67. The van der Waals surface area contributed by atoms with Crippen LogP contribution in [0.2, 0.25) is 0 Å². The van der Waals surface area contributed by atoms with Crippen LogP contribution >= 0.6 is 0 Å². The Morgan fingerprint density at radius 2 is 1.75 bits per heavy atom. The maximum atomic E-state index is 12.0. The topological polar surface area (TPSA) is 87.7 Å². The molecule has 24 heavy (non-hydrogen) atoms. The van der Waals surface area contributed by atoms with Gasteiger partial charge in [-0.1, -0.05) is 18.2 Å². The van der Waals surface area contributed by atoms with Crippen molar-refractivity contribution in [2.24, 2.45) is 0 Å². The SMILES string of the molecule is CCOC(=O)c1cccc(NC(=O)Nc2ccc(CCO)cc2)c1. The molecule has 0 heterocycles. The molecule has 0 aliphatic heterocycles. The van der Waals surface area contributed by atoms with E-state index in [9.17, 15) is 9.59 Å². The molecule has 0 spiro atoms. The number of nitrogens with one attached hydrogen (secondary N) is 2. The number of esters is 1. The Morgan fingerprint density at radius 1 is 1.04 bits per heavy atom. The number of hydrogen-bond acceptors (Lipinski definition) is 4. The molecular formula is C18H20N2O4. The van der Waals surface area contributed by atoms with E-state index in [0.29, 0.717) is 30.0 Å². The minimum absolute atomic E-state index is 0.0874. The summed E-state index contributed by atoms with van der Waals surface area (Å²) in [7, 11) is 0. The van der Waals surface area contributed by atoms with Crippen LogP contribution in [0.4, 0.5) is 16.2 Å². The quantitative estimate of drug-likeness (QED) is 0.711. The Kier molecular flexibility index (Phi) is 6.33. The van der Waals surface area contributed by atoms with E-state index in [-0.39, 0.29) is 6.61 Å². The van der Waals surface area contributed by atoms with Gasteiger partial charge in [-0.2, -0.15) is 0 Å². The molecule has 2 aromatic carbocycles. The number of carbonyl (C=O) groups excluding carboxylic acids is 2. The summed E-state index contributed by atoms with van der Waals surface area (Å²) >= 11 is 0. The van der Waals surface area contributed by atoms with Gasteiger partial charge in [0.2, 0.25) is 0 Å². The number of amides is 2. The molecule has 2 amide bonds. The first-order valence-corrected chi connectivity index (χ1v) is 7.67. The predicted octanol–water partition coefficient (Wildman–Crippen LogP) is 3.04. The zero-order valence-electron chi connectivity index (χ0n) is 13.4. The van der Waals surface area contributed by atoms with Gasteiger partial charge in [0.25, 0.3) is 0 Å². The average molecular weight is 328 g/mol. The molecule has 0 saturated carbocycles. The van der Waals surface area contributed by atoms with E-state index in [1.807, 2.05) is 12.1 Å². The molecule has 6 nitrogen and oxygen atoms in total. The summed E-state index contributed by atoms with van der Waals surface area (Å²) in [6.45, 7) is 2.12. The van der Waals surface area contributed by atoms with Gasteiger partial charge in [0.1, 0.15) is 0 Å². The molecule has 0 bridgehead atoms. The van der Waals surface area contributed by atoms with Gasteiger partial charge in [-0.3, -0.25) is 0 Å². The van der Waals surface area contributed by atoms with E-state index >= 15 is 0 Å². The molecule has 0 fully saturated rings. The average Bonchev–Trinajstić information content (AvgIpc) is 2.57. The minimum atomic E-state index is -0.430. The molecule has 0 aliphatic carbocycles. The fourth-order valence-electron chi connectivity index (χ4n) is 2.12. The third kappa shape index (κ3) is 5.10. The standard InChI is InChI=1S/C18H20N2O4/c1-2-24-17(22)14-4-3-5-16(12-14)20-18(23)19-15-8-6-13(7-9-15)10-11-21/h3-9,12,21H,2,10-11H2,1H3,(H2,19,20,23). The highest BCUT2D eigenvalue weighted by Crippen LogP contribution is 2.14. The van der Waals surface area contributed by atoms with E-state index < -0.39 is 12.0 Å². The van der Waals surface area contributed by atoms with Crippen LogP contribution in [0.15, 0.2) is 48.5 Å². The first kappa shape index (κ1) is 17.5. The van der Waals surface area contributed by atoms with E-state index in [1.165, 1.54) is 0 Å². The van der Waals surface area contributed by atoms with Crippen LogP contribution in [0, 0.1) is 0 Å². The van der Waals surface area contributed by atoms with Gasteiger partial charge in [-0.15, -0.1) is 0 Å². The van der Waals surface area contributed by atoms with Gasteiger partial charge in [0.05, 0.1) is 12.2 Å². The number of anilines is 2. The lowest BCUT2D eigenvalue weighted by molar-refractivity contribution is 0.0526. The molecular weight excluding hydrogens is 308 g/mol. The number of carbonyl (C=O) groups is 2. The second kappa shape index (κ2) is 8.69. The Balaban J connectivity index is 1.96. The number of benzene rings is 2. The summed E-state index contributed by atoms with van der Waals surface area (Å²) < 4.78 is 4.93. The highest BCUT2D eigenvalue weighted by atomic mass is 16.5. The van der Waals surface area contributed by atoms with E-state index in [0.717, 1.165) is 5.56 Å². The van der Waals surface area contributed by atoms with Crippen molar-refractivity contribution in [3.8, 4) is 0 Å². The fraction of sp³-hybridized carbons (Fsp3) is 0.222. The van der Waals surface area contributed by atoms with Crippen molar-refractivity contribution in [3.63, 3.8) is 0 Å². The number of urea groups is 1. The molecule has 0 aromatic heterocycles. The van der Waals surface area contributed by atoms with E-state index in [1.54, 1.807) is 43.3 Å². The molecule has 126 valence electrons. The van der Waals surface area contributed by atoms with Crippen LogP contribution in [0.25, 0.3) is 0 Å². The maximum absolute atomic E-state index is 12.0. The fourth-order valence-corrected chi connectivity index (χ4v) is 2.12. The van der Waals surface area contributed by atoms with Crippen LogP contribution in [0.1, 0.15) is 22.8 Å². The molecule has 0 aliphatic rings. The summed E-state index contributed by atoms with van der Waals surface area (Å²) in [4.78, 5) is 23.7. The number of aliphatic hydroxyl groups excluding tert-OH is 1. The molecule has 0 radical (unpaired) electrons. The lowest BCUT2D eigenvalue weighted by Crippen LogP contribution is -2.19. The lowest BCUT2D eigenvalue weighted by Gasteiger charge is -2.09. The summed E-state index contributed by atoms with van der Waals surface area (Å²) in [5, 5.41) is 14.3. The molecule has 0 saturated heterocycles. The first-order chi connectivity index (χ1) is 11.6. The normalized spacial score (nSPS) is 10.1. The molecule has 0 unspecified atom stereocenters. The lowest BCUT2D eigenvalue weighted by atomic mass is 10.1. The molecule has 3 N–H and O–H groups in total. The Morgan fingerprint density at radius 3 is 2.42 bits per heavy atom. The number of aliphatic hydroxyl groups is 1. The second-order valence-corrected chi connectivity index (χ2v) is 5.05. The van der Waals surface area contributed by atoms with Crippen molar-refractivity contribution in [2.75, 3.05) is 23.8 Å². The zero-order chi connectivity index (χ0) is 17.4. The number of rotatable bonds is 6. The molecule has 2 aromatic rings. The van der Waals surface area contributed by atoms with Crippen LogP contribution < -0.4 is 10.6 Å². The van der Waals surface area contributed by atoms with Gasteiger partial charge in [-0.05, 0) is 49.2 Å². The Bertz CT molecular complexity index is 698. The number of ether oxygens (including phenoxy) is 1. The third-order valence-corrected chi connectivity index (χ3v) is 3.24.